The maximum Gasteiger partial charge on any atom is 0.293 e. The van der Waals surface area contributed by atoms with Gasteiger partial charge in [-0.2, -0.15) is 0 Å². The van der Waals surface area contributed by atoms with Gasteiger partial charge in [0.05, 0.1) is 11.5 Å². The molecule has 1 aliphatic rings. The molecule has 0 aliphatic carbocycles. The van der Waals surface area contributed by atoms with E-state index in [1.165, 1.54) is 11.6 Å². The van der Waals surface area contributed by atoms with E-state index in [-0.39, 0.29) is 23.8 Å². The van der Waals surface area contributed by atoms with Gasteiger partial charge in [0, 0.05) is 43.8 Å². The maximum absolute atomic E-state index is 12.4. The molecule has 1 N–H and O–H groups in total. The monoisotopic (exact) mass is 402 g/mol. The van der Waals surface area contributed by atoms with Gasteiger partial charge < -0.3 is 5.32 Å². The van der Waals surface area contributed by atoms with Gasteiger partial charge in [0.2, 0.25) is 5.91 Å². The molecule has 0 radical (unpaired) electrons. The van der Waals surface area contributed by atoms with Crippen molar-refractivity contribution >= 4 is 28.9 Å². The van der Waals surface area contributed by atoms with E-state index in [4.69, 9.17) is 11.6 Å². The smallest absolute Gasteiger partial charge is 0.293 e. The number of halogens is 1. The first-order valence-electron chi connectivity index (χ1n) is 9.15. The number of amides is 1. The van der Waals surface area contributed by atoms with Gasteiger partial charge in [-0.15, -0.1) is 0 Å². The summed E-state index contributed by atoms with van der Waals surface area (Å²) in [6.45, 7) is 6.03. The lowest BCUT2D eigenvalue weighted by atomic mass is 10.1. The van der Waals surface area contributed by atoms with Crippen LogP contribution in [0.25, 0.3) is 0 Å². The molecule has 0 saturated carbocycles. The van der Waals surface area contributed by atoms with Crippen molar-refractivity contribution in [2.24, 2.45) is 0 Å². The van der Waals surface area contributed by atoms with Crippen molar-refractivity contribution in [1.29, 1.82) is 0 Å². The van der Waals surface area contributed by atoms with Gasteiger partial charge in [-0.25, -0.2) is 0 Å². The highest BCUT2D eigenvalue weighted by molar-refractivity contribution is 6.30. The Labute approximate surface area is 169 Å². The molecule has 1 saturated heterocycles. The Bertz CT molecular complexity index is 866. The number of anilines is 1. The zero-order valence-electron chi connectivity index (χ0n) is 15.7. The fourth-order valence-corrected chi connectivity index (χ4v) is 3.56. The molecule has 3 rings (SSSR count). The zero-order chi connectivity index (χ0) is 20.1. The molecule has 0 aromatic heterocycles. The Kier molecular flexibility index (Phi) is 6.61. The zero-order valence-corrected chi connectivity index (χ0v) is 16.5. The van der Waals surface area contributed by atoms with Crippen LogP contribution in [0.2, 0.25) is 5.02 Å². The van der Waals surface area contributed by atoms with Crippen LogP contribution >= 0.6 is 11.6 Å². The molecule has 1 amide bonds. The van der Waals surface area contributed by atoms with Crippen LogP contribution in [0.4, 0.5) is 11.4 Å². The molecule has 7 nitrogen and oxygen atoms in total. The number of piperazine rings is 1. The van der Waals surface area contributed by atoms with Gasteiger partial charge in [-0.3, -0.25) is 24.7 Å². The van der Waals surface area contributed by atoms with E-state index in [1.54, 1.807) is 19.1 Å². The summed E-state index contributed by atoms with van der Waals surface area (Å²) in [5, 5.41) is 14.6. The van der Waals surface area contributed by atoms with Crippen molar-refractivity contribution < 1.29 is 9.72 Å². The number of hydrogen-bond acceptors (Lipinski definition) is 5. The molecule has 1 heterocycles. The van der Waals surface area contributed by atoms with E-state index in [0.29, 0.717) is 5.56 Å². The number of rotatable bonds is 6. The SMILES string of the molecule is Cc1cccc([N+](=O)[O-])c1NC(=O)CN1CCN(Cc2cccc(Cl)c2)CC1. The van der Waals surface area contributed by atoms with Crippen molar-refractivity contribution in [2.45, 2.75) is 13.5 Å². The number of carbonyl (C=O) groups excluding carboxylic acids is 1. The van der Waals surface area contributed by atoms with Crippen molar-refractivity contribution in [2.75, 3.05) is 38.0 Å². The van der Waals surface area contributed by atoms with Crippen LogP contribution in [0.1, 0.15) is 11.1 Å². The fraction of sp³-hybridized carbons (Fsp3) is 0.350. The summed E-state index contributed by atoms with van der Waals surface area (Å²) in [6, 6.07) is 12.6. The number of nitrogens with zero attached hydrogens (tertiary/aromatic N) is 3. The van der Waals surface area contributed by atoms with Gasteiger partial charge in [0.1, 0.15) is 5.69 Å². The van der Waals surface area contributed by atoms with Crippen LogP contribution in [0.5, 0.6) is 0 Å². The van der Waals surface area contributed by atoms with Gasteiger partial charge in [-0.1, -0.05) is 35.9 Å². The predicted molar refractivity (Wildman–Crippen MR) is 110 cm³/mol. The van der Waals surface area contributed by atoms with Gasteiger partial charge >= 0.3 is 0 Å². The minimum atomic E-state index is -0.475. The summed E-state index contributed by atoms with van der Waals surface area (Å²) in [5.41, 5.74) is 2.04. The third-order valence-corrected chi connectivity index (χ3v) is 5.07. The van der Waals surface area contributed by atoms with E-state index < -0.39 is 4.92 Å². The Balaban J connectivity index is 1.51. The number of nitro groups is 1. The number of carbonyl (C=O) groups is 1. The number of nitro benzene ring substituents is 1. The minimum Gasteiger partial charge on any atom is -0.319 e. The van der Waals surface area contributed by atoms with E-state index in [9.17, 15) is 14.9 Å². The van der Waals surface area contributed by atoms with E-state index in [2.05, 4.69) is 21.2 Å². The lowest BCUT2D eigenvalue weighted by Crippen LogP contribution is -2.48. The summed E-state index contributed by atoms with van der Waals surface area (Å²) in [4.78, 5) is 27.5. The number of para-hydroxylation sites is 1. The highest BCUT2D eigenvalue weighted by Gasteiger charge is 2.22. The lowest BCUT2D eigenvalue weighted by molar-refractivity contribution is -0.384. The molecule has 0 unspecified atom stereocenters. The van der Waals surface area contributed by atoms with Crippen LogP contribution in [-0.4, -0.2) is 53.4 Å². The largest absolute Gasteiger partial charge is 0.319 e. The van der Waals surface area contributed by atoms with Gasteiger partial charge in [0.15, 0.2) is 0 Å². The molecule has 1 fully saturated rings. The van der Waals surface area contributed by atoms with Gasteiger partial charge in [0.25, 0.3) is 5.69 Å². The van der Waals surface area contributed by atoms with E-state index in [1.807, 2.05) is 18.2 Å². The van der Waals surface area contributed by atoms with Crippen LogP contribution in [0, 0.1) is 17.0 Å². The van der Waals surface area contributed by atoms with Crippen molar-refractivity contribution in [3.8, 4) is 0 Å². The maximum atomic E-state index is 12.4. The van der Waals surface area contributed by atoms with Crippen molar-refractivity contribution in [1.82, 2.24) is 9.80 Å². The van der Waals surface area contributed by atoms with Crippen LogP contribution in [0.15, 0.2) is 42.5 Å². The number of aryl methyl sites for hydroxylation is 1. The summed E-state index contributed by atoms with van der Waals surface area (Å²) in [7, 11) is 0. The average Bonchev–Trinajstić information content (AvgIpc) is 2.65. The van der Waals surface area contributed by atoms with Gasteiger partial charge in [-0.05, 0) is 30.2 Å². The second-order valence-corrected chi connectivity index (χ2v) is 7.39. The van der Waals surface area contributed by atoms with Crippen LogP contribution < -0.4 is 5.32 Å². The first kappa shape index (κ1) is 20.3. The number of nitrogens with one attached hydrogen (secondary N) is 1. The molecule has 0 spiro atoms. The first-order valence-corrected chi connectivity index (χ1v) is 9.53. The third-order valence-electron chi connectivity index (χ3n) is 4.84. The Morgan fingerprint density at radius 3 is 2.50 bits per heavy atom. The quantitative estimate of drug-likeness (QED) is 0.592. The second-order valence-electron chi connectivity index (χ2n) is 6.96. The highest BCUT2D eigenvalue weighted by Crippen LogP contribution is 2.27. The number of benzene rings is 2. The van der Waals surface area contributed by atoms with E-state index >= 15 is 0 Å². The number of hydrogen-bond donors (Lipinski definition) is 1. The summed E-state index contributed by atoms with van der Waals surface area (Å²) >= 11 is 6.04. The molecule has 0 atom stereocenters. The van der Waals surface area contributed by atoms with Crippen LogP contribution in [-0.2, 0) is 11.3 Å². The third kappa shape index (κ3) is 5.28. The Morgan fingerprint density at radius 2 is 1.82 bits per heavy atom. The molecule has 8 heteroatoms. The summed E-state index contributed by atoms with van der Waals surface area (Å²) in [5.74, 6) is -0.235. The highest BCUT2D eigenvalue weighted by atomic mass is 35.5. The first-order chi connectivity index (χ1) is 13.4. The standard InChI is InChI=1S/C20H23ClN4O3/c1-15-4-2-7-18(25(27)28)20(15)22-19(26)14-24-10-8-23(9-11-24)13-16-5-3-6-17(21)12-16/h2-7,12H,8-11,13-14H2,1H3,(H,22,26). The molecule has 1 aliphatic heterocycles. The summed E-state index contributed by atoms with van der Waals surface area (Å²) in [6.07, 6.45) is 0. The Hall–Kier alpha value is -2.48. The normalized spacial score (nSPS) is 15.4. The molecule has 28 heavy (non-hydrogen) atoms. The molecule has 2 aromatic carbocycles. The van der Waals surface area contributed by atoms with Crippen molar-refractivity contribution in [3.05, 3.63) is 68.7 Å². The Morgan fingerprint density at radius 1 is 1.14 bits per heavy atom. The minimum absolute atomic E-state index is 0.0836. The predicted octanol–water partition coefficient (Wildman–Crippen LogP) is 3.31. The van der Waals surface area contributed by atoms with Crippen molar-refractivity contribution in [3.63, 3.8) is 0 Å². The topological polar surface area (TPSA) is 78.7 Å². The second kappa shape index (κ2) is 9.14. The fourth-order valence-electron chi connectivity index (χ4n) is 3.35. The molecular formula is C20H23ClN4O3. The lowest BCUT2D eigenvalue weighted by Gasteiger charge is -2.34. The van der Waals surface area contributed by atoms with Crippen LogP contribution in [0.3, 0.4) is 0 Å². The average molecular weight is 403 g/mol. The molecule has 0 bridgehead atoms. The molecule has 2 aromatic rings. The molecule has 148 valence electrons. The summed E-state index contributed by atoms with van der Waals surface area (Å²) < 4.78 is 0. The van der Waals surface area contributed by atoms with E-state index in [0.717, 1.165) is 37.7 Å². The molecular weight excluding hydrogens is 380 g/mol.